The number of rotatable bonds is 9. The molecule has 128 valence electrons. The molecule has 2 N–H and O–H groups in total. The Labute approximate surface area is 145 Å². The summed E-state index contributed by atoms with van der Waals surface area (Å²) in [6.45, 7) is 7.14. The topological polar surface area (TPSA) is 50.4 Å². The van der Waals surface area contributed by atoms with Gasteiger partial charge >= 0.3 is 0 Å². The van der Waals surface area contributed by atoms with Crippen LogP contribution >= 0.6 is 12.2 Å². The lowest BCUT2D eigenvalue weighted by molar-refractivity contribution is -0.119. The van der Waals surface area contributed by atoms with Crippen molar-refractivity contribution in [1.29, 1.82) is 0 Å². The van der Waals surface area contributed by atoms with Gasteiger partial charge in [-0.3, -0.25) is 4.79 Å². The molecule has 1 aromatic rings. The second-order valence-corrected chi connectivity index (χ2v) is 6.43. The van der Waals surface area contributed by atoms with Crippen molar-refractivity contribution in [3.8, 4) is 5.75 Å². The molecule has 23 heavy (non-hydrogen) atoms. The minimum absolute atomic E-state index is 0.0414. The number of hydrogen-bond acceptors (Lipinski definition) is 3. The van der Waals surface area contributed by atoms with E-state index in [1.807, 2.05) is 24.3 Å². The second-order valence-electron chi connectivity index (χ2n) is 6.02. The van der Waals surface area contributed by atoms with Crippen molar-refractivity contribution >= 4 is 28.9 Å². The van der Waals surface area contributed by atoms with Crippen LogP contribution in [0.15, 0.2) is 24.3 Å². The van der Waals surface area contributed by atoms with Gasteiger partial charge in [0.05, 0.1) is 6.61 Å². The van der Waals surface area contributed by atoms with Gasteiger partial charge in [0.1, 0.15) is 5.75 Å². The Morgan fingerprint density at radius 2 is 2.09 bits per heavy atom. The zero-order valence-corrected chi connectivity index (χ0v) is 15.2. The summed E-state index contributed by atoms with van der Waals surface area (Å²) in [5.74, 6) is 1.37. The average molecular weight is 337 g/mol. The summed E-state index contributed by atoms with van der Waals surface area (Å²) in [6, 6.07) is 7.59. The molecule has 0 aliphatic rings. The minimum Gasteiger partial charge on any atom is -0.494 e. The van der Waals surface area contributed by atoms with E-state index in [0.29, 0.717) is 24.1 Å². The van der Waals surface area contributed by atoms with Gasteiger partial charge in [-0.25, -0.2) is 0 Å². The molecule has 0 heterocycles. The second kappa shape index (κ2) is 11.0. The van der Waals surface area contributed by atoms with Gasteiger partial charge in [-0.05, 0) is 43.1 Å². The first-order valence-electron chi connectivity index (χ1n) is 8.35. The van der Waals surface area contributed by atoms with Crippen LogP contribution in [-0.2, 0) is 4.79 Å². The van der Waals surface area contributed by atoms with E-state index in [1.54, 1.807) is 0 Å². The Kier molecular flexibility index (Phi) is 9.29. The van der Waals surface area contributed by atoms with Crippen molar-refractivity contribution < 1.29 is 9.53 Å². The maximum atomic E-state index is 11.7. The van der Waals surface area contributed by atoms with Crippen LogP contribution in [0.5, 0.6) is 5.75 Å². The summed E-state index contributed by atoms with van der Waals surface area (Å²) in [4.78, 5) is 11.7. The average Bonchev–Trinajstić information content (AvgIpc) is 2.47. The molecule has 1 rings (SSSR count). The molecule has 0 saturated carbocycles. The first-order chi connectivity index (χ1) is 11.0. The maximum absolute atomic E-state index is 11.7. The Hall–Kier alpha value is -1.62. The van der Waals surface area contributed by atoms with Gasteiger partial charge in [0.15, 0.2) is 5.11 Å². The Morgan fingerprint density at radius 3 is 2.78 bits per heavy atom. The van der Waals surface area contributed by atoms with Crippen LogP contribution < -0.4 is 15.4 Å². The van der Waals surface area contributed by atoms with Crippen molar-refractivity contribution in [2.75, 3.05) is 11.9 Å². The van der Waals surface area contributed by atoms with Crippen LogP contribution in [0, 0.1) is 5.92 Å². The number of anilines is 1. The number of carbonyl (C=O) groups is 1. The van der Waals surface area contributed by atoms with E-state index in [4.69, 9.17) is 17.0 Å². The smallest absolute Gasteiger partial charge is 0.226 e. The van der Waals surface area contributed by atoms with Crippen molar-refractivity contribution in [2.45, 2.75) is 52.9 Å². The number of unbranched alkanes of at least 4 members (excludes halogenated alkanes) is 2. The van der Waals surface area contributed by atoms with Gasteiger partial charge in [-0.2, -0.15) is 0 Å². The minimum atomic E-state index is -0.0414. The summed E-state index contributed by atoms with van der Waals surface area (Å²) in [5, 5.41) is 6.05. The van der Waals surface area contributed by atoms with Crippen LogP contribution in [0.3, 0.4) is 0 Å². The normalized spacial score (nSPS) is 10.4. The van der Waals surface area contributed by atoms with Crippen LogP contribution in [0.4, 0.5) is 5.69 Å². The van der Waals surface area contributed by atoms with E-state index >= 15 is 0 Å². The van der Waals surface area contributed by atoms with E-state index in [-0.39, 0.29) is 5.91 Å². The van der Waals surface area contributed by atoms with Gasteiger partial charge in [0.2, 0.25) is 5.91 Å². The summed E-state index contributed by atoms with van der Waals surface area (Å²) in [5.41, 5.74) is 0.811. The number of benzene rings is 1. The highest BCUT2D eigenvalue weighted by atomic mass is 32.1. The lowest BCUT2D eigenvalue weighted by Crippen LogP contribution is -2.33. The quantitative estimate of drug-likeness (QED) is 0.515. The van der Waals surface area contributed by atoms with Crippen molar-refractivity contribution in [3.05, 3.63) is 24.3 Å². The Balaban J connectivity index is 2.40. The molecule has 0 aromatic heterocycles. The highest BCUT2D eigenvalue weighted by Crippen LogP contribution is 2.18. The molecule has 0 spiro atoms. The zero-order valence-electron chi connectivity index (χ0n) is 14.4. The number of carbonyl (C=O) groups excluding carboxylic acids is 1. The summed E-state index contributed by atoms with van der Waals surface area (Å²) >= 11 is 5.17. The van der Waals surface area contributed by atoms with Crippen LogP contribution in [-0.4, -0.2) is 17.6 Å². The lowest BCUT2D eigenvalue weighted by atomic mass is 10.1. The SMILES string of the molecule is CCCCCC(=O)NC(=S)Nc1cccc(OCCC(C)C)c1. The number of nitrogens with one attached hydrogen (secondary N) is 2. The third-order valence-corrected chi connectivity index (χ3v) is 3.52. The third-order valence-electron chi connectivity index (χ3n) is 3.32. The first kappa shape index (κ1) is 19.4. The van der Waals surface area contributed by atoms with Gasteiger partial charge in [0, 0.05) is 18.2 Å². The number of amides is 1. The van der Waals surface area contributed by atoms with Gasteiger partial charge in [-0.1, -0.05) is 39.7 Å². The van der Waals surface area contributed by atoms with E-state index in [9.17, 15) is 4.79 Å². The molecule has 0 unspecified atom stereocenters. The summed E-state index contributed by atoms with van der Waals surface area (Å²) in [7, 11) is 0. The van der Waals surface area contributed by atoms with Crippen LogP contribution in [0.1, 0.15) is 52.9 Å². The lowest BCUT2D eigenvalue weighted by Gasteiger charge is -2.12. The molecule has 4 nitrogen and oxygen atoms in total. The largest absolute Gasteiger partial charge is 0.494 e. The fourth-order valence-electron chi connectivity index (χ4n) is 1.96. The molecule has 0 radical (unpaired) electrons. The molecular weight excluding hydrogens is 308 g/mol. The predicted molar refractivity (Wildman–Crippen MR) is 99.9 cm³/mol. The van der Waals surface area contributed by atoms with Crippen molar-refractivity contribution in [2.24, 2.45) is 5.92 Å². The van der Waals surface area contributed by atoms with E-state index in [2.05, 4.69) is 31.4 Å². The molecule has 0 bridgehead atoms. The molecule has 0 aliphatic carbocycles. The standard InChI is InChI=1S/C18H28N2O2S/c1-4-5-6-10-17(21)20-18(23)19-15-8-7-9-16(13-15)22-12-11-14(2)3/h7-9,13-14H,4-6,10-12H2,1-3H3,(H2,19,20,21,23). The first-order valence-corrected chi connectivity index (χ1v) is 8.75. The number of hydrogen-bond donors (Lipinski definition) is 2. The maximum Gasteiger partial charge on any atom is 0.226 e. The van der Waals surface area contributed by atoms with Crippen molar-refractivity contribution in [1.82, 2.24) is 5.32 Å². The van der Waals surface area contributed by atoms with E-state index < -0.39 is 0 Å². The molecule has 0 atom stereocenters. The fourth-order valence-corrected chi connectivity index (χ4v) is 2.19. The van der Waals surface area contributed by atoms with Gasteiger partial charge in [-0.15, -0.1) is 0 Å². The predicted octanol–water partition coefficient (Wildman–Crippen LogP) is 4.50. The van der Waals surface area contributed by atoms with Crippen LogP contribution in [0.2, 0.25) is 0 Å². The molecule has 1 aromatic carbocycles. The van der Waals surface area contributed by atoms with Gasteiger partial charge in [0.25, 0.3) is 0 Å². The number of ether oxygens (including phenoxy) is 1. The zero-order chi connectivity index (χ0) is 17.1. The molecule has 0 saturated heterocycles. The molecular formula is C18H28N2O2S. The summed E-state index contributed by atoms with van der Waals surface area (Å²) in [6.07, 6.45) is 4.57. The molecule has 1 amide bonds. The molecule has 0 fully saturated rings. The monoisotopic (exact) mass is 336 g/mol. The van der Waals surface area contributed by atoms with Crippen LogP contribution in [0.25, 0.3) is 0 Å². The van der Waals surface area contributed by atoms with Gasteiger partial charge < -0.3 is 15.4 Å². The highest BCUT2D eigenvalue weighted by molar-refractivity contribution is 7.80. The Morgan fingerprint density at radius 1 is 1.30 bits per heavy atom. The molecule has 5 heteroatoms. The van der Waals surface area contributed by atoms with E-state index in [1.165, 1.54) is 0 Å². The fraction of sp³-hybridized carbons (Fsp3) is 0.556. The van der Waals surface area contributed by atoms with E-state index in [0.717, 1.165) is 37.1 Å². The highest BCUT2D eigenvalue weighted by Gasteiger charge is 2.05. The number of thiocarbonyl (C=S) groups is 1. The Bertz CT molecular complexity index is 504. The summed E-state index contributed by atoms with van der Waals surface area (Å²) < 4.78 is 5.71. The third kappa shape index (κ3) is 9.18. The molecule has 0 aliphatic heterocycles. The van der Waals surface area contributed by atoms with Crippen molar-refractivity contribution in [3.63, 3.8) is 0 Å².